The lowest BCUT2D eigenvalue weighted by Gasteiger charge is -2.26. The van der Waals surface area contributed by atoms with Crippen LogP contribution < -0.4 is 20.7 Å². The molecule has 1 atom stereocenters. The molecule has 0 bridgehead atoms. The first-order valence-electron chi connectivity index (χ1n) is 9.28. The summed E-state index contributed by atoms with van der Waals surface area (Å²) in [5.74, 6) is 1.55. The van der Waals surface area contributed by atoms with Crippen LogP contribution in [-0.2, 0) is 25.4 Å². The minimum absolute atomic E-state index is 0.0182. The summed E-state index contributed by atoms with van der Waals surface area (Å²) in [4.78, 5) is 41.9. The third-order valence-electron chi connectivity index (χ3n) is 5.81. The van der Waals surface area contributed by atoms with Crippen LogP contribution in [0.3, 0.4) is 0 Å². The standard InChI is InChI=1S/C18H27N5O3/c1-11-6-8-22(9-7-11)10-14-19-16-15(23(14)12(2)13(3)24)17(25)21(5)18(26)20(16)4/h11-12H,6-10H2,1-5H3/p+2. The number of nitrogens with one attached hydrogen (secondary N) is 2. The van der Waals surface area contributed by atoms with Gasteiger partial charge in [-0.25, -0.2) is 14.3 Å². The molecular weight excluding hydrogens is 334 g/mol. The highest BCUT2D eigenvalue weighted by atomic mass is 16.2. The number of rotatable bonds is 4. The number of H-pyrrole nitrogens is 1. The molecule has 2 N–H and O–H groups in total. The van der Waals surface area contributed by atoms with Crippen molar-refractivity contribution in [3.05, 3.63) is 26.7 Å². The average Bonchev–Trinajstić information content (AvgIpc) is 2.98. The molecule has 3 heterocycles. The smallest absolute Gasteiger partial charge is 0.325 e. The molecule has 26 heavy (non-hydrogen) atoms. The van der Waals surface area contributed by atoms with E-state index in [0.717, 1.165) is 29.4 Å². The molecule has 0 spiro atoms. The van der Waals surface area contributed by atoms with Gasteiger partial charge >= 0.3 is 17.1 Å². The van der Waals surface area contributed by atoms with E-state index < -0.39 is 6.04 Å². The van der Waals surface area contributed by atoms with Crippen molar-refractivity contribution in [3.8, 4) is 0 Å². The van der Waals surface area contributed by atoms with E-state index >= 15 is 0 Å². The normalized spacial score (nSPS) is 21.9. The second-order valence-corrected chi connectivity index (χ2v) is 7.74. The maximum Gasteiger partial charge on any atom is 0.333 e. The number of piperidine rings is 1. The van der Waals surface area contributed by atoms with Gasteiger partial charge in [-0.05, 0) is 32.6 Å². The van der Waals surface area contributed by atoms with Crippen LogP contribution in [-0.4, -0.2) is 33.0 Å². The lowest BCUT2D eigenvalue weighted by Crippen LogP contribution is -3.12. The van der Waals surface area contributed by atoms with Gasteiger partial charge in [0.1, 0.15) is 0 Å². The van der Waals surface area contributed by atoms with Crippen LogP contribution in [0.1, 0.15) is 45.5 Å². The molecule has 1 saturated heterocycles. The van der Waals surface area contributed by atoms with Crippen molar-refractivity contribution in [2.24, 2.45) is 20.0 Å². The quantitative estimate of drug-likeness (QED) is 0.671. The molecule has 1 aliphatic heterocycles. The van der Waals surface area contributed by atoms with Crippen LogP contribution in [0, 0.1) is 5.92 Å². The number of Topliss-reactive ketones (excluding diaryl/α,β-unsaturated/α-hetero) is 1. The van der Waals surface area contributed by atoms with E-state index in [-0.39, 0.29) is 17.0 Å². The van der Waals surface area contributed by atoms with Gasteiger partial charge in [-0.15, -0.1) is 0 Å². The van der Waals surface area contributed by atoms with Crippen molar-refractivity contribution in [3.63, 3.8) is 0 Å². The van der Waals surface area contributed by atoms with Gasteiger partial charge in [0.25, 0.3) is 11.2 Å². The monoisotopic (exact) mass is 363 g/mol. The fourth-order valence-corrected chi connectivity index (χ4v) is 3.84. The number of hydrogen-bond acceptors (Lipinski definition) is 3. The van der Waals surface area contributed by atoms with Crippen LogP contribution in [0.2, 0.25) is 0 Å². The van der Waals surface area contributed by atoms with Crippen molar-refractivity contribution in [2.75, 3.05) is 13.1 Å². The first-order chi connectivity index (χ1) is 12.2. The molecule has 1 fully saturated rings. The zero-order valence-corrected chi connectivity index (χ0v) is 16.3. The molecule has 8 nitrogen and oxygen atoms in total. The number of ketones is 1. The number of aromatic amines is 1. The summed E-state index contributed by atoms with van der Waals surface area (Å²) >= 11 is 0. The van der Waals surface area contributed by atoms with Gasteiger partial charge in [0.05, 0.1) is 13.1 Å². The molecule has 8 heteroatoms. The molecular formula is C18H29N5O3+2. The zero-order chi connectivity index (χ0) is 19.2. The van der Waals surface area contributed by atoms with Gasteiger partial charge in [-0.1, -0.05) is 6.92 Å². The number of quaternary nitrogens is 1. The van der Waals surface area contributed by atoms with Gasteiger partial charge < -0.3 is 4.90 Å². The van der Waals surface area contributed by atoms with Crippen molar-refractivity contribution < 1.29 is 14.3 Å². The Balaban J connectivity index is 2.18. The molecule has 0 amide bonds. The van der Waals surface area contributed by atoms with Crippen molar-refractivity contribution in [1.82, 2.24) is 14.1 Å². The zero-order valence-electron chi connectivity index (χ0n) is 16.3. The van der Waals surface area contributed by atoms with Gasteiger partial charge in [0, 0.05) is 14.1 Å². The predicted molar refractivity (Wildman–Crippen MR) is 97.2 cm³/mol. The maximum atomic E-state index is 12.8. The summed E-state index contributed by atoms with van der Waals surface area (Å²) in [5.41, 5.74) is 0.112. The highest BCUT2D eigenvalue weighted by molar-refractivity contribution is 5.78. The summed E-state index contributed by atoms with van der Waals surface area (Å²) in [6.45, 7) is 8.46. The maximum absolute atomic E-state index is 12.8. The van der Waals surface area contributed by atoms with Gasteiger partial charge in [-0.3, -0.25) is 18.7 Å². The Labute approximate surface area is 152 Å². The first kappa shape index (κ1) is 18.6. The van der Waals surface area contributed by atoms with Crippen LogP contribution in [0.4, 0.5) is 0 Å². The van der Waals surface area contributed by atoms with Gasteiger partial charge in [0.15, 0.2) is 18.4 Å². The Morgan fingerprint density at radius 2 is 1.88 bits per heavy atom. The lowest BCUT2D eigenvalue weighted by molar-refractivity contribution is -0.928. The second-order valence-electron chi connectivity index (χ2n) is 7.74. The number of aromatic nitrogens is 4. The number of aryl methyl sites for hydroxylation is 1. The molecule has 0 saturated carbocycles. The average molecular weight is 363 g/mol. The van der Waals surface area contributed by atoms with Crippen molar-refractivity contribution >= 4 is 16.9 Å². The molecule has 1 unspecified atom stereocenters. The first-order valence-corrected chi connectivity index (χ1v) is 9.28. The number of carbonyl (C=O) groups is 1. The Morgan fingerprint density at radius 3 is 2.46 bits per heavy atom. The fraction of sp³-hybridized carbons (Fsp3) is 0.667. The number of nitrogens with zero attached hydrogens (tertiary/aromatic N) is 3. The van der Waals surface area contributed by atoms with E-state index in [0.29, 0.717) is 17.7 Å². The third kappa shape index (κ3) is 3.02. The Bertz CT molecular complexity index is 960. The molecule has 142 valence electrons. The summed E-state index contributed by atoms with van der Waals surface area (Å²) in [6, 6.07) is -0.466. The van der Waals surface area contributed by atoms with E-state index in [1.165, 1.54) is 36.3 Å². The molecule has 0 aliphatic carbocycles. The second kappa shape index (κ2) is 6.83. The molecule has 0 aromatic carbocycles. The summed E-state index contributed by atoms with van der Waals surface area (Å²) in [7, 11) is 3.11. The van der Waals surface area contributed by atoms with Gasteiger partial charge in [0.2, 0.25) is 0 Å². The highest BCUT2D eigenvalue weighted by Crippen LogP contribution is 2.10. The molecule has 1 aliphatic rings. The molecule has 2 aromatic heterocycles. The number of fused-ring (bicyclic) bond motifs is 1. The van der Waals surface area contributed by atoms with Gasteiger partial charge in [-0.2, -0.15) is 0 Å². The minimum Gasteiger partial charge on any atom is -0.325 e. The number of likely N-dealkylation sites (tertiary alicyclic amines) is 1. The Hall–Kier alpha value is -2.22. The van der Waals surface area contributed by atoms with Crippen LogP contribution >= 0.6 is 0 Å². The third-order valence-corrected chi connectivity index (χ3v) is 5.81. The van der Waals surface area contributed by atoms with Crippen LogP contribution in [0.25, 0.3) is 11.2 Å². The van der Waals surface area contributed by atoms with E-state index in [2.05, 4.69) is 11.9 Å². The van der Waals surface area contributed by atoms with E-state index in [1.807, 2.05) is 0 Å². The largest absolute Gasteiger partial charge is 0.333 e. The topological polar surface area (TPSA) is 85.2 Å². The van der Waals surface area contributed by atoms with Crippen LogP contribution in [0.5, 0.6) is 0 Å². The molecule has 3 rings (SSSR count). The van der Waals surface area contributed by atoms with E-state index in [4.69, 9.17) is 0 Å². The highest BCUT2D eigenvalue weighted by Gasteiger charge is 2.33. The number of hydrogen-bond donors (Lipinski definition) is 2. The number of imidazole rings is 1. The Morgan fingerprint density at radius 1 is 1.27 bits per heavy atom. The summed E-state index contributed by atoms with van der Waals surface area (Å²) in [5, 5.41) is 0. The number of carbonyl (C=O) groups excluding carboxylic acids is 1. The lowest BCUT2D eigenvalue weighted by atomic mass is 9.99. The van der Waals surface area contributed by atoms with Crippen molar-refractivity contribution in [2.45, 2.75) is 46.2 Å². The van der Waals surface area contributed by atoms with E-state index in [1.54, 1.807) is 18.5 Å². The fourth-order valence-electron chi connectivity index (χ4n) is 3.84. The Kier molecular flexibility index (Phi) is 4.88. The SMILES string of the molecule is CC(=O)C(C)[n+]1c(C[NH+]2CCC(C)CC2)[nH]c2c1c(=O)n(C)c(=O)n2C. The summed E-state index contributed by atoms with van der Waals surface area (Å²) in [6.07, 6.45) is 2.36. The minimum atomic E-state index is -0.466. The summed E-state index contributed by atoms with van der Waals surface area (Å²) < 4.78 is 4.33. The van der Waals surface area contributed by atoms with Crippen molar-refractivity contribution in [1.29, 1.82) is 0 Å². The molecule has 0 radical (unpaired) electrons. The predicted octanol–water partition coefficient (Wildman–Crippen LogP) is -1.18. The molecule has 2 aromatic rings. The van der Waals surface area contributed by atoms with E-state index in [9.17, 15) is 14.4 Å². The van der Waals surface area contributed by atoms with Crippen LogP contribution in [0.15, 0.2) is 9.59 Å².